The average Bonchev–Trinajstić information content (AvgIpc) is 3.25. The summed E-state index contributed by atoms with van der Waals surface area (Å²) in [6, 6.07) is 7.66. The number of piperidine rings is 1. The highest BCUT2D eigenvalue weighted by atomic mass is 35.5. The van der Waals surface area contributed by atoms with E-state index in [1.54, 1.807) is 11.6 Å². The maximum atomic E-state index is 13.6. The molecule has 0 amide bonds. The third-order valence-electron chi connectivity index (χ3n) is 5.51. The van der Waals surface area contributed by atoms with Gasteiger partial charge in [-0.15, -0.1) is 17.9 Å². The van der Waals surface area contributed by atoms with Crippen LogP contribution in [-0.4, -0.2) is 25.5 Å². The Kier molecular flexibility index (Phi) is 6.09. The Morgan fingerprint density at radius 1 is 1.28 bits per heavy atom. The van der Waals surface area contributed by atoms with Crippen molar-refractivity contribution in [3.8, 4) is 0 Å². The second-order valence-corrected chi connectivity index (χ2v) is 11.0. The van der Waals surface area contributed by atoms with Gasteiger partial charge in [0.25, 0.3) is 10.0 Å². The zero-order chi connectivity index (χ0) is 20.6. The van der Waals surface area contributed by atoms with Crippen molar-refractivity contribution < 1.29 is 8.42 Å². The topological polar surface area (TPSA) is 51.1 Å². The molecule has 2 aromatic heterocycles. The van der Waals surface area contributed by atoms with Crippen LogP contribution >= 0.6 is 34.5 Å². The Hall–Kier alpha value is -1.31. The molecule has 3 aromatic rings. The van der Waals surface area contributed by atoms with Crippen LogP contribution in [0.25, 0.3) is 10.9 Å². The van der Waals surface area contributed by atoms with Crippen LogP contribution in [0.3, 0.4) is 0 Å². The summed E-state index contributed by atoms with van der Waals surface area (Å²) in [6.45, 7) is 5.79. The highest BCUT2D eigenvalue weighted by Gasteiger charge is 2.32. The van der Waals surface area contributed by atoms with E-state index >= 15 is 0 Å². The lowest BCUT2D eigenvalue weighted by Gasteiger charge is -2.22. The molecule has 1 N–H and O–H groups in total. The van der Waals surface area contributed by atoms with Gasteiger partial charge in [-0.2, -0.15) is 0 Å². The van der Waals surface area contributed by atoms with Crippen LogP contribution < -0.4 is 5.32 Å². The normalized spacial score (nSPS) is 16.9. The minimum atomic E-state index is -3.81. The molecule has 1 atom stereocenters. The Balaban J connectivity index is 1.80. The largest absolute Gasteiger partial charge is 0.317 e. The van der Waals surface area contributed by atoms with Crippen molar-refractivity contribution in [2.24, 2.45) is 5.92 Å². The molecule has 154 valence electrons. The number of fused-ring (bicyclic) bond motifs is 1. The first-order chi connectivity index (χ1) is 13.9. The summed E-state index contributed by atoms with van der Waals surface area (Å²) in [4.78, 5) is 0.490. The predicted molar refractivity (Wildman–Crippen MR) is 123 cm³/mol. The van der Waals surface area contributed by atoms with Gasteiger partial charge < -0.3 is 5.32 Å². The molecule has 0 spiro atoms. The Morgan fingerprint density at radius 3 is 2.66 bits per heavy atom. The van der Waals surface area contributed by atoms with Crippen molar-refractivity contribution in [3.05, 3.63) is 69.0 Å². The van der Waals surface area contributed by atoms with E-state index in [0.717, 1.165) is 43.3 Å². The van der Waals surface area contributed by atoms with E-state index in [1.807, 2.05) is 24.3 Å². The van der Waals surface area contributed by atoms with Crippen molar-refractivity contribution in [2.75, 3.05) is 13.1 Å². The van der Waals surface area contributed by atoms with Gasteiger partial charge in [0.1, 0.15) is 5.25 Å². The van der Waals surface area contributed by atoms with Gasteiger partial charge in [-0.25, -0.2) is 12.4 Å². The van der Waals surface area contributed by atoms with Crippen LogP contribution in [-0.2, 0) is 16.4 Å². The summed E-state index contributed by atoms with van der Waals surface area (Å²) >= 11 is 13.6. The third-order valence-corrected chi connectivity index (χ3v) is 9.69. The molecular weight excluding hydrogens is 447 g/mol. The fraction of sp³-hybridized carbons (Fsp3) is 0.333. The maximum absolute atomic E-state index is 13.6. The number of hydrogen-bond acceptors (Lipinski definition) is 4. The first-order valence-corrected chi connectivity index (χ1v) is 12.7. The number of para-hydroxylation sites is 1. The monoisotopic (exact) mass is 468 g/mol. The van der Waals surface area contributed by atoms with Crippen LogP contribution in [0.1, 0.15) is 28.5 Å². The van der Waals surface area contributed by atoms with Crippen molar-refractivity contribution in [2.45, 2.75) is 24.5 Å². The molecular formula is C21H22Cl2N2O2S2. The fourth-order valence-corrected chi connectivity index (χ4v) is 7.64. The van der Waals surface area contributed by atoms with Gasteiger partial charge in [0.15, 0.2) is 0 Å². The number of benzene rings is 1. The van der Waals surface area contributed by atoms with E-state index in [2.05, 4.69) is 11.9 Å². The molecule has 3 heterocycles. The van der Waals surface area contributed by atoms with Crippen molar-refractivity contribution in [1.82, 2.24) is 9.29 Å². The zero-order valence-corrected chi connectivity index (χ0v) is 18.9. The number of thiophene rings is 1. The lowest BCUT2D eigenvalue weighted by molar-refractivity contribution is 0.373. The van der Waals surface area contributed by atoms with Gasteiger partial charge >= 0.3 is 0 Å². The molecule has 29 heavy (non-hydrogen) atoms. The SMILES string of the molecule is C=CC(c1scc(Cl)c1Cl)S(=O)(=O)n1cc(CC2CCNCC2)c2ccccc21. The quantitative estimate of drug-likeness (QED) is 0.474. The van der Waals surface area contributed by atoms with Crippen LogP contribution in [0.15, 0.2) is 48.5 Å². The number of halogens is 2. The second kappa shape index (κ2) is 8.44. The molecule has 4 nitrogen and oxygen atoms in total. The number of nitrogens with zero attached hydrogens (tertiary/aromatic N) is 1. The minimum absolute atomic E-state index is 0.275. The molecule has 1 aliphatic rings. The molecule has 0 bridgehead atoms. The van der Waals surface area contributed by atoms with Crippen LogP contribution in [0.4, 0.5) is 0 Å². The molecule has 1 aromatic carbocycles. The molecule has 0 saturated carbocycles. The van der Waals surface area contributed by atoms with Crippen molar-refractivity contribution in [3.63, 3.8) is 0 Å². The van der Waals surface area contributed by atoms with Crippen LogP contribution in [0.5, 0.6) is 0 Å². The number of rotatable bonds is 6. The standard InChI is InChI=1S/C21H22Cl2N2O2S2/c1-2-19(21-20(23)17(22)13-28-21)29(26,27)25-12-15(11-14-7-9-24-10-8-14)16-5-3-4-6-18(16)25/h2-6,12-14,19,24H,1,7-11H2. The van der Waals surface area contributed by atoms with Crippen LogP contribution in [0.2, 0.25) is 10.0 Å². The number of nitrogens with one attached hydrogen (secondary N) is 1. The number of hydrogen-bond donors (Lipinski definition) is 1. The molecule has 1 aliphatic heterocycles. The van der Waals surface area contributed by atoms with Gasteiger partial charge in [-0.05, 0) is 49.9 Å². The molecule has 1 fully saturated rings. The zero-order valence-electron chi connectivity index (χ0n) is 15.8. The highest BCUT2D eigenvalue weighted by molar-refractivity contribution is 7.90. The summed E-state index contributed by atoms with van der Waals surface area (Å²) in [5.41, 5.74) is 1.75. The first kappa shape index (κ1) is 20.9. The van der Waals surface area contributed by atoms with E-state index < -0.39 is 15.3 Å². The molecule has 1 saturated heterocycles. The van der Waals surface area contributed by atoms with Crippen molar-refractivity contribution >= 4 is 55.5 Å². The van der Waals surface area contributed by atoms with Gasteiger partial charge in [-0.1, -0.05) is 47.5 Å². The number of aromatic nitrogens is 1. The van der Waals surface area contributed by atoms with Gasteiger partial charge in [0.05, 0.1) is 15.6 Å². The first-order valence-electron chi connectivity index (χ1n) is 9.52. The van der Waals surface area contributed by atoms with E-state index in [1.165, 1.54) is 21.4 Å². The Bertz CT molecular complexity index is 1140. The van der Waals surface area contributed by atoms with Gasteiger partial charge in [-0.3, -0.25) is 0 Å². The Labute approximate surface area is 185 Å². The summed E-state index contributed by atoms with van der Waals surface area (Å²) < 4.78 is 28.7. The summed E-state index contributed by atoms with van der Waals surface area (Å²) in [7, 11) is -3.81. The van der Waals surface area contributed by atoms with E-state index in [9.17, 15) is 8.42 Å². The molecule has 1 unspecified atom stereocenters. The molecule has 0 radical (unpaired) electrons. The smallest absolute Gasteiger partial charge is 0.250 e. The van der Waals surface area contributed by atoms with Crippen molar-refractivity contribution in [1.29, 1.82) is 0 Å². The Morgan fingerprint density at radius 2 is 2.00 bits per heavy atom. The average molecular weight is 469 g/mol. The lowest BCUT2D eigenvalue weighted by Crippen LogP contribution is -2.28. The van der Waals surface area contributed by atoms with E-state index in [4.69, 9.17) is 23.2 Å². The fourth-order valence-electron chi connectivity index (χ4n) is 4.00. The van der Waals surface area contributed by atoms with Crippen LogP contribution in [0, 0.1) is 5.92 Å². The molecule has 8 heteroatoms. The van der Waals surface area contributed by atoms with Gasteiger partial charge in [0, 0.05) is 21.8 Å². The van der Waals surface area contributed by atoms with E-state index in [-0.39, 0.29) is 5.02 Å². The predicted octanol–water partition coefficient (Wildman–Crippen LogP) is 5.66. The summed E-state index contributed by atoms with van der Waals surface area (Å²) in [5, 5.41) is 5.69. The molecule has 4 rings (SSSR count). The third kappa shape index (κ3) is 3.89. The second-order valence-electron chi connectivity index (χ2n) is 7.33. The summed E-state index contributed by atoms with van der Waals surface area (Å²) in [6.07, 6.45) is 6.27. The lowest BCUT2D eigenvalue weighted by atomic mass is 9.91. The maximum Gasteiger partial charge on any atom is 0.250 e. The summed E-state index contributed by atoms with van der Waals surface area (Å²) in [5.74, 6) is 0.555. The van der Waals surface area contributed by atoms with Gasteiger partial charge in [0.2, 0.25) is 0 Å². The van der Waals surface area contributed by atoms with E-state index in [0.29, 0.717) is 21.3 Å². The minimum Gasteiger partial charge on any atom is -0.317 e. The molecule has 0 aliphatic carbocycles. The highest BCUT2D eigenvalue weighted by Crippen LogP contribution is 2.41.